The summed E-state index contributed by atoms with van der Waals surface area (Å²) in [6.07, 6.45) is 8.12. The fraction of sp³-hybridized carbons (Fsp3) is 0.370. The predicted octanol–water partition coefficient (Wildman–Crippen LogP) is 7.33. The number of halogens is 2. The molecule has 4 heterocycles. The van der Waals surface area contributed by atoms with Crippen LogP contribution in [0, 0.1) is 5.82 Å². The molecule has 60 heavy (non-hydrogen) atoms. The van der Waals surface area contributed by atoms with Crippen LogP contribution in [0.5, 0.6) is 5.75 Å². The summed E-state index contributed by atoms with van der Waals surface area (Å²) in [6.45, 7) is 6.89. The Morgan fingerprint density at radius 3 is 2.48 bits per heavy atom. The molecule has 14 heteroatoms. The number of phenols is 1. The first kappa shape index (κ1) is 41.1. The summed E-state index contributed by atoms with van der Waals surface area (Å²) in [6, 6.07) is 17.5. The number of aliphatic hydroxyl groups is 1. The third kappa shape index (κ3) is 8.39. The van der Waals surface area contributed by atoms with Gasteiger partial charge >= 0.3 is 0 Å². The average Bonchev–Trinajstić information content (AvgIpc) is 3.58. The van der Waals surface area contributed by atoms with E-state index in [4.69, 9.17) is 21.6 Å². The molecule has 2 unspecified atom stereocenters. The van der Waals surface area contributed by atoms with E-state index in [1.54, 1.807) is 17.0 Å². The summed E-state index contributed by atoms with van der Waals surface area (Å²) in [5.41, 5.74) is 3.52. The molecule has 0 spiro atoms. The largest absolute Gasteiger partial charge is 0.508 e. The minimum atomic E-state index is -0.755. The quantitative estimate of drug-likeness (QED) is 0.0480. The average molecular weight is 834 g/mol. The lowest BCUT2D eigenvalue weighted by molar-refractivity contribution is -0.136. The molecule has 4 aromatic carbocycles. The van der Waals surface area contributed by atoms with Crippen molar-refractivity contribution in [2.24, 2.45) is 0 Å². The number of unbranched alkanes of at least 4 members (excludes halogenated alkanes) is 5. The van der Waals surface area contributed by atoms with Crippen molar-refractivity contribution in [1.29, 1.82) is 0 Å². The molecule has 4 N–H and O–H groups in total. The molecule has 0 radical (unpaired) electrons. The number of rotatable bonds is 15. The molecule has 1 aromatic heterocycles. The molecule has 3 aliphatic rings. The van der Waals surface area contributed by atoms with Gasteiger partial charge in [-0.2, -0.15) is 4.98 Å². The van der Waals surface area contributed by atoms with Crippen molar-refractivity contribution < 1.29 is 29.0 Å². The van der Waals surface area contributed by atoms with Crippen LogP contribution in [0.25, 0.3) is 32.8 Å². The van der Waals surface area contributed by atoms with Crippen LogP contribution in [0.15, 0.2) is 73.3 Å². The number of aliphatic hydroxyl groups excluding tert-OH is 1. The van der Waals surface area contributed by atoms with E-state index in [0.717, 1.165) is 66.8 Å². The Hall–Kier alpha value is -5.63. The molecule has 0 bridgehead atoms. The number of aromatic hydroxyl groups is 1. The van der Waals surface area contributed by atoms with Crippen LogP contribution in [0.3, 0.4) is 0 Å². The number of hydrogen-bond donors (Lipinski definition) is 4. The van der Waals surface area contributed by atoms with Gasteiger partial charge in [-0.1, -0.05) is 80.3 Å². The number of hydrogen-bond acceptors (Lipinski definition) is 10. The van der Waals surface area contributed by atoms with Gasteiger partial charge in [-0.25, -0.2) is 9.37 Å². The molecule has 2 saturated heterocycles. The van der Waals surface area contributed by atoms with Crippen molar-refractivity contribution in [3.63, 3.8) is 0 Å². The summed E-state index contributed by atoms with van der Waals surface area (Å²) < 4.78 is 16.9. The third-order valence-corrected chi connectivity index (χ3v) is 12.3. The highest BCUT2D eigenvalue weighted by atomic mass is 35.5. The second-order valence-corrected chi connectivity index (χ2v) is 16.2. The number of amides is 3. The maximum atomic E-state index is 16.9. The summed E-state index contributed by atoms with van der Waals surface area (Å²) in [5.74, 6) is -0.575. The Labute approximate surface area is 353 Å². The number of imide groups is 1. The monoisotopic (exact) mass is 833 g/mol. The molecule has 0 aliphatic carbocycles. The summed E-state index contributed by atoms with van der Waals surface area (Å²) in [4.78, 5) is 52.5. The zero-order valence-electron chi connectivity index (χ0n) is 33.4. The second kappa shape index (κ2) is 17.9. The molecule has 312 valence electrons. The van der Waals surface area contributed by atoms with E-state index in [1.807, 2.05) is 41.3 Å². The number of fused-ring (bicyclic) bond motifs is 3. The van der Waals surface area contributed by atoms with Gasteiger partial charge in [0, 0.05) is 62.2 Å². The Balaban J connectivity index is 0.904. The van der Waals surface area contributed by atoms with Gasteiger partial charge in [-0.15, -0.1) is 0 Å². The first-order chi connectivity index (χ1) is 29.1. The highest BCUT2D eigenvalue weighted by molar-refractivity contribution is 6.35. The Kier molecular flexibility index (Phi) is 12.3. The van der Waals surface area contributed by atoms with Gasteiger partial charge in [-0.05, 0) is 83.5 Å². The number of benzene rings is 4. The van der Waals surface area contributed by atoms with Crippen LogP contribution in [0.1, 0.15) is 72.9 Å². The molecule has 3 amide bonds. The number of nitrogens with zero attached hydrogens (tertiary/aromatic N) is 5. The first-order valence-electron chi connectivity index (χ1n) is 20.8. The molecule has 2 atom stereocenters. The number of aromatic nitrogens is 2. The number of carbonyl (C=O) groups excluding carboxylic acids is 3. The van der Waals surface area contributed by atoms with Crippen molar-refractivity contribution >= 4 is 62.8 Å². The smallest absolute Gasteiger partial charge is 0.255 e. The molecule has 2 fully saturated rings. The van der Waals surface area contributed by atoms with Crippen molar-refractivity contribution in [3.8, 4) is 16.9 Å². The summed E-state index contributed by atoms with van der Waals surface area (Å²) in [7, 11) is 0. The van der Waals surface area contributed by atoms with Crippen LogP contribution in [-0.2, 0) is 22.6 Å². The van der Waals surface area contributed by atoms with Crippen LogP contribution in [0.4, 0.5) is 16.2 Å². The van der Waals surface area contributed by atoms with Gasteiger partial charge in [0.15, 0.2) is 5.82 Å². The number of carbonyl (C=O) groups is 3. The Morgan fingerprint density at radius 2 is 1.70 bits per heavy atom. The first-order valence-corrected chi connectivity index (χ1v) is 21.2. The van der Waals surface area contributed by atoms with Crippen molar-refractivity contribution in [2.75, 3.05) is 42.9 Å². The Bertz CT molecular complexity index is 2470. The zero-order chi connectivity index (χ0) is 41.9. The van der Waals surface area contributed by atoms with Crippen molar-refractivity contribution in [1.82, 2.24) is 25.1 Å². The van der Waals surface area contributed by atoms with Crippen LogP contribution in [0.2, 0.25) is 5.02 Å². The molecule has 12 nitrogen and oxygen atoms in total. The standard InChI is InChI=1S/C46H49ClFN7O5/c1-2-39(58)53-20-22-54(23-21-53)43-34-26-36(47)40(33-25-30(56)24-29-13-8-9-15-31(29)33)41(48)42(34)51-46(52-43)49-19-10-6-4-3-5-7-12-28-14-11-16-32-35(28)27-55(45(32)60)37-17-18-38(57)50-44(37)59/h2,8-9,11,13-16,24-26,37,39,56,58H,1,3-7,10,12,17-23,27H2,(H,49,51,52)(H,50,57,59). The van der Waals surface area contributed by atoms with E-state index in [0.29, 0.717) is 74.0 Å². The summed E-state index contributed by atoms with van der Waals surface area (Å²) in [5, 5.41) is 28.8. The van der Waals surface area contributed by atoms with Gasteiger partial charge < -0.3 is 25.3 Å². The highest BCUT2D eigenvalue weighted by Crippen LogP contribution is 2.42. The van der Waals surface area contributed by atoms with Gasteiger partial charge in [0.05, 0.1) is 5.02 Å². The lowest BCUT2D eigenvalue weighted by atomic mass is 9.96. The molecular weight excluding hydrogens is 785 g/mol. The molecule has 0 saturated carbocycles. The number of piperidine rings is 1. The molecule has 8 rings (SSSR count). The van der Waals surface area contributed by atoms with Crippen molar-refractivity contribution in [3.05, 3.63) is 101 Å². The predicted molar refractivity (Wildman–Crippen MR) is 231 cm³/mol. The molecule has 3 aliphatic heterocycles. The molecule has 5 aromatic rings. The maximum Gasteiger partial charge on any atom is 0.255 e. The van der Waals surface area contributed by atoms with E-state index in [1.165, 1.54) is 12.1 Å². The lowest BCUT2D eigenvalue weighted by Gasteiger charge is -2.37. The van der Waals surface area contributed by atoms with E-state index in [-0.39, 0.29) is 40.1 Å². The van der Waals surface area contributed by atoms with Gasteiger partial charge in [0.25, 0.3) is 5.91 Å². The van der Waals surface area contributed by atoms with Crippen LogP contribution < -0.4 is 15.5 Å². The number of piperazine rings is 1. The lowest BCUT2D eigenvalue weighted by Crippen LogP contribution is -2.52. The maximum absolute atomic E-state index is 16.9. The third-order valence-electron chi connectivity index (χ3n) is 12.0. The highest BCUT2D eigenvalue weighted by Gasteiger charge is 2.39. The van der Waals surface area contributed by atoms with Crippen LogP contribution in [-0.4, -0.2) is 92.7 Å². The summed E-state index contributed by atoms with van der Waals surface area (Å²) >= 11 is 6.89. The number of anilines is 2. The SMILES string of the molecule is C=CC(O)N1CCN(c2nc(NCCCCCCCCc3cccc4c3CN(C3CCC(=O)NC3=O)C4=O)nc3c(F)c(-c4cc(O)cc5ccccc45)c(Cl)cc23)CC1. The zero-order valence-corrected chi connectivity index (χ0v) is 34.2. The Morgan fingerprint density at radius 1 is 0.933 bits per heavy atom. The van der Waals surface area contributed by atoms with E-state index >= 15 is 4.39 Å². The van der Waals surface area contributed by atoms with E-state index in [9.17, 15) is 24.6 Å². The van der Waals surface area contributed by atoms with Crippen molar-refractivity contribution in [2.45, 2.75) is 76.6 Å². The molecular formula is C46H49ClFN7O5. The minimum Gasteiger partial charge on any atom is -0.508 e. The normalized spacial score (nSPS) is 17.6. The fourth-order valence-electron chi connectivity index (χ4n) is 8.83. The van der Waals surface area contributed by atoms with E-state index < -0.39 is 24.0 Å². The number of phenolic OH excluding ortho intramolecular Hbond substituents is 1. The van der Waals surface area contributed by atoms with Gasteiger partial charge in [-0.3, -0.25) is 24.6 Å². The second-order valence-electron chi connectivity index (χ2n) is 15.8. The van der Waals surface area contributed by atoms with Gasteiger partial charge in [0.2, 0.25) is 17.8 Å². The van der Waals surface area contributed by atoms with Gasteiger partial charge in [0.1, 0.15) is 29.4 Å². The number of nitrogens with one attached hydrogen (secondary N) is 2. The fourth-order valence-corrected chi connectivity index (χ4v) is 9.12. The van der Waals surface area contributed by atoms with E-state index in [2.05, 4.69) is 28.2 Å². The van der Waals surface area contributed by atoms with Crippen LogP contribution >= 0.6 is 11.6 Å². The topological polar surface area (TPSA) is 151 Å². The minimum absolute atomic E-state index is 0.00159. The number of aryl methyl sites for hydroxylation is 1.